The summed E-state index contributed by atoms with van der Waals surface area (Å²) in [4.78, 5) is 2.30. The lowest BCUT2D eigenvalue weighted by Gasteiger charge is -2.31. The Morgan fingerprint density at radius 2 is 2.32 bits per heavy atom. The molecule has 0 spiro atoms. The van der Waals surface area contributed by atoms with E-state index >= 15 is 0 Å². The number of sulfonamides is 1. The molecule has 19 heavy (non-hydrogen) atoms. The Morgan fingerprint density at radius 1 is 1.58 bits per heavy atom. The van der Waals surface area contributed by atoms with Crippen LogP contribution in [0.25, 0.3) is 0 Å². The van der Waals surface area contributed by atoms with Crippen LogP contribution in [0.2, 0.25) is 0 Å². The number of piperidine rings is 1. The van der Waals surface area contributed by atoms with Gasteiger partial charge >= 0.3 is 0 Å². The first-order chi connectivity index (χ1) is 8.92. The molecule has 0 bridgehead atoms. The molecule has 0 aliphatic carbocycles. The highest BCUT2D eigenvalue weighted by molar-refractivity contribution is 7.89. The second kappa shape index (κ2) is 5.48. The Hall–Kier alpha value is -1.12. The van der Waals surface area contributed by atoms with E-state index in [2.05, 4.69) is 21.6 Å². The molecule has 108 valence electrons. The molecule has 1 aliphatic heterocycles. The molecule has 0 amide bonds. The number of nitrogen functional groups attached to an aromatic ring is 1. The third-order valence-corrected chi connectivity index (χ3v) is 4.92. The Bertz CT molecular complexity index is 539. The minimum atomic E-state index is -3.59. The highest BCUT2D eigenvalue weighted by atomic mass is 32.2. The first-order valence-corrected chi connectivity index (χ1v) is 7.94. The van der Waals surface area contributed by atoms with E-state index in [1.165, 1.54) is 10.9 Å². The molecule has 1 aromatic rings. The largest absolute Gasteiger partial charge is 0.381 e. The Kier molecular flexibility index (Phi) is 4.12. The van der Waals surface area contributed by atoms with Crippen molar-refractivity contribution >= 4 is 15.8 Å². The van der Waals surface area contributed by atoms with Crippen molar-refractivity contribution in [2.75, 3.05) is 25.4 Å². The Morgan fingerprint density at radius 3 is 2.89 bits per heavy atom. The molecule has 2 heterocycles. The molecule has 1 fully saturated rings. The van der Waals surface area contributed by atoms with Crippen LogP contribution in [0.3, 0.4) is 0 Å². The van der Waals surface area contributed by atoms with Gasteiger partial charge in [-0.2, -0.15) is 5.10 Å². The predicted octanol–water partition coefficient (Wildman–Crippen LogP) is -0.235. The second-order valence-corrected chi connectivity index (χ2v) is 6.59. The molecule has 0 aromatic carbocycles. The molecule has 1 aromatic heterocycles. The minimum Gasteiger partial charge on any atom is -0.381 e. The van der Waals surface area contributed by atoms with Crippen LogP contribution in [0.15, 0.2) is 11.1 Å². The smallest absolute Gasteiger partial charge is 0.246 e. The molecule has 0 radical (unpaired) electrons. The molecule has 8 heteroatoms. The number of rotatable bonds is 4. The van der Waals surface area contributed by atoms with Gasteiger partial charge in [0, 0.05) is 25.8 Å². The normalized spacial score (nSPS) is 21.7. The maximum atomic E-state index is 12.3. The highest BCUT2D eigenvalue weighted by Crippen LogP contribution is 2.18. The molecular weight excluding hydrogens is 266 g/mol. The fourth-order valence-corrected chi connectivity index (χ4v) is 3.78. The van der Waals surface area contributed by atoms with Gasteiger partial charge in [-0.15, -0.1) is 0 Å². The summed E-state index contributed by atoms with van der Waals surface area (Å²) >= 11 is 0. The van der Waals surface area contributed by atoms with Crippen LogP contribution in [0.1, 0.15) is 19.8 Å². The van der Waals surface area contributed by atoms with E-state index < -0.39 is 10.0 Å². The fourth-order valence-electron chi connectivity index (χ4n) is 2.41. The number of nitrogens with one attached hydrogen (secondary N) is 1. The number of hydrogen-bond acceptors (Lipinski definition) is 5. The summed E-state index contributed by atoms with van der Waals surface area (Å²) in [6, 6.07) is -0.0571. The van der Waals surface area contributed by atoms with Crippen molar-refractivity contribution in [2.24, 2.45) is 7.05 Å². The molecule has 1 unspecified atom stereocenters. The Balaban J connectivity index is 2.11. The zero-order chi connectivity index (χ0) is 14.0. The van der Waals surface area contributed by atoms with Gasteiger partial charge in [-0.25, -0.2) is 13.1 Å². The van der Waals surface area contributed by atoms with Crippen LogP contribution in [0, 0.1) is 0 Å². The van der Waals surface area contributed by atoms with Gasteiger partial charge in [-0.1, -0.05) is 6.92 Å². The summed E-state index contributed by atoms with van der Waals surface area (Å²) in [5, 5.41) is 3.87. The van der Waals surface area contributed by atoms with Crippen molar-refractivity contribution in [1.29, 1.82) is 0 Å². The van der Waals surface area contributed by atoms with Crippen molar-refractivity contribution in [1.82, 2.24) is 19.4 Å². The lowest BCUT2D eigenvalue weighted by atomic mass is 10.1. The number of aromatic nitrogens is 2. The third-order valence-electron chi connectivity index (χ3n) is 3.39. The number of anilines is 1. The molecule has 1 aliphatic rings. The van der Waals surface area contributed by atoms with E-state index in [-0.39, 0.29) is 16.8 Å². The quantitative estimate of drug-likeness (QED) is 0.797. The first-order valence-electron chi connectivity index (χ1n) is 6.46. The van der Waals surface area contributed by atoms with E-state index in [1.807, 2.05) is 0 Å². The number of likely N-dealkylation sites (tertiary alicyclic amines) is 1. The summed E-state index contributed by atoms with van der Waals surface area (Å²) < 4.78 is 28.7. The average Bonchev–Trinajstić information content (AvgIpc) is 2.69. The molecule has 0 saturated carbocycles. The van der Waals surface area contributed by atoms with Crippen molar-refractivity contribution in [2.45, 2.75) is 30.7 Å². The van der Waals surface area contributed by atoms with Crippen LogP contribution < -0.4 is 10.5 Å². The third kappa shape index (κ3) is 3.26. The summed E-state index contributed by atoms with van der Waals surface area (Å²) in [5.74, 6) is 0.0400. The SMILES string of the molecule is CCN1CCCC(NS(=O)(=O)c2cn(C)nc2N)C1. The van der Waals surface area contributed by atoms with Crippen LogP contribution in [-0.4, -0.2) is 48.8 Å². The van der Waals surface area contributed by atoms with Crippen LogP contribution in [0.5, 0.6) is 0 Å². The van der Waals surface area contributed by atoms with E-state index in [0.717, 1.165) is 32.5 Å². The van der Waals surface area contributed by atoms with Gasteiger partial charge in [0.25, 0.3) is 0 Å². The lowest BCUT2D eigenvalue weighted by molar-refractivity contribution is 0.211. The van der Waals surface area contributed by atoms with E-state index in [0.29, 0.717) is 0 Å². The Labute approximate surface area is 113 Å². The number of nitrogens with two attached hydrogens (primary N) is 1. The van der Waals surface area contributed by atoms with E-state index in [1.54, 1.807) is 7.05 Å². The van der Waals surface area contributed by atoms with Gasteiger partial charge in [0.05, 0.1) is 0 Å². The molecule has 7 nitrogen and oxygen atoms in total. The monoisotopic (exact) mass is 287 g/mol. The number of aryl methyl sites for hydroxylation is 1. The summed E-state index contributed by atoms with van der Waals surface area (Å²) in [5.41, 5.74) is 5.62. The van der Waals surface area contributed by atoms with Gasteiger partial charge in [0.1, 0.15) is 4.90 Å². The van der Waals surface area contributed by atoms with Crippen LogP contribution in [0.4, 0.5) is 5.82 Å². The minimum absolute atomic E-state index is 0.0400. The first kappa shape index (κ1) is 14.3. The van der Waals surface area contributed by atoms with Gasteiger partial charge < -0.3 is 10.6 Å². The average molecular weight is 287 g/mol. The fraction of sp³-hybridized carbons (Fsp3) is 0.727. The zero-order valence-corrected chi connectivity index (χ0v) is 12.2. The number of likely N-dealkylation sites (N-methyl/N-ethyl adjacent to an activating group) is 1. The molecule has 1 saturated heterocycles. The van der Waals surface area contributed by atoms with Crippen LogP contribution >= 0.6 is 0 Å². The topological polar surface area (TPSA) is 93.2 Å². The van der Waals surface area contributed by atoms with Gasteiger partial charge in [0.2, 0.25) is 10.0 Å². The van der Waals surface area contributed by atoms with Crippen molar-refractivity contribution in [3.8, 4) is 0 Å². The second-order valence-electron chi connectivity index (χ2n) is 4.91. The lowest BCUT2D eigenvalue weighted by Crippen LogP contribution is -2.47. The van der Waals surface area contributed by atoms with Gasteiger partial charge in [-0.05, 0) is 25.9 Å². The van der Waals surface area contributed by atoms with E-state index in [9.17, 15) is 8.42 Å². The molecule has 2 rings (SSSR count). The summed E-state index contributed by atoms with van der Waals surface area (Å²) in [7, 11) is -1.94. The van der Waals surface area contributed by atoms with Crippen molar-refractivity contribution in [3.63, 3.8) is 0 Å². The maximum absolute atomic E-state index is 12.3. The zero-order valence-electron chi connectivity index (χ0n) is 11.3. The predicted molar refractivity (Wildman–Crippen MR) is 73.1 cm³/mol. The van der Waals surface area contributed by atoms with Gasteiger partial charge in [0.15, 0.2) is 5.82 Å². The molecule has 1 atom stereocenters. The number of hydrogen-bond donors (Lipinski definition) is 2. The van der Waals surface area contributed by atoms with Gasteiger partial charge in [-0.3, -0.25) is 4.68 Å². The van der Waals surface area contributed by atoms with Crippen molar-refractivity contribution in [3.05, 3.63) is 6.20 Å². The van der Waals surface area contributed by atoms with Crippen LogP contribution in [-0.2, 0) is 17.1 Å². The summed E-state index contributed by atoms with van der Waals surface area (Å²) in [6.45, 7) is 4.79. The molecular formula is C11H21N5O2S. The number of nitrogens with zero attached hydrogens (tertiary/aromatic N) is 3. The molecule has 3 N–H and O–H groups in total. The van der Waals surface area contributed by atoms with Crippen molar-refractivity contribution < 1.29 is 8.42 Å². The standard InChI is InChI=1S/C11H21N5O2S/c1-3-16-6-4-5-9(7-16)14-19(17,18)10-8-15(2)13-11(10)12/h8-9,14H,3-7H2,1-2H3,(H2,12,13). The highest BCUT2D eigenvalue weighted by Gasteiger charge is 2.27. The van der Waals surface area contributed by atoms with E-state index in [4.69, 9.17) is 5.73 Å². The summed E-state index contributed by atoms with van der Waals surface area (Å²) in [6.07, 6.45) is 3.29. The maximum Gasteiger partial charge on any atom is 0.246 e.